The van der Waals surface area contributed by atoms with Crippen molar-refractivity contribution in [2.24, 2.45) is 0 Å². The van der Waals surface area contributed by atoms with Crippen molar-refractivity contribution in [1.29, 1.82) is 0 Å². The molecule has 2 heterocycles. The Morgan fingerprint density at radius 3 is 2.56 bits per heavy atom. The molecule has 2 aliphatic rings. The molecule has 0 aromatic carbocycles. The van der Waals surface area contributed by atoms with E-state index >= 15 is 0 Å². The lowest BCUT2D eigenvalue weighted by molar-refractivity contribution is 0.107. The lowest BCUT2D eigenvalue weighted by atomic mass is 9.94. The van der Waals surface area contributed by atoms with Crippen LogP contribution in [0.5, 0.6) is 0 Å². The van der Waals surface area contributed by atoms with Crippen molar-refractivity contribution in [2.45, 2.75) is 17.3 Å². The SMILES string of the molecule is OC1CCSC12CNC2. The minimum Gasteiger partial charge on any atom is -0.392 e. The van der Waals surface area contributed by atoms with Gasteiger partial charge in [0.25, 0.3) is 0 Å². The zero-order valence-corrected chi connectivity index (χ0v) is 6.08. The van der Waals surface area contributed by atoms with Gasteiger partial charge >= 0.3 is 0 Å². The lowest BCUT2D eigenvalue weighted by Gasteiger charge is -2.40. The second-order valence-electron chi connectivity index (χ2n) is 2.82. The van der Waals surface area contributed by atoms with Crippen LogP contribution in [0.4, 0.5) is 0 Å². The van der Waals surface area contributed by atoms with E-state index in [4.69, 9.17) is 0 Å². The van der Waals surface area contributed by atoms with E-state index in [1.54, 1.807) is 0 Å². The molecule has 1 atom stereocenters. The van der Waals surface area contributed by atoms with E-state index in [9.17, 15) is 5.11 Å². The number of nitrogens with one attached hydrogen (secondary N) is 1. The number of aliphatic hydroxyl groups is 1. The maximum Gasteiger partial charge on any atom is 0.0719 e. The van der Waals surface area contributed by atoms with E-state index in [0.29, 0.717) is 0 Å². The predicted molar refractivity (Wildman–Crippen MR) is 38.7 cm³/mol. The van der Waals surface area contributed by atoms with Crippen molar-refractivity contribution < 1.29 is 5.11 Å². The minimum absolute atomic E-state index is 0.0382. The molecule has 3 heteroatoms. The van der Waals surface area contributed by atoms with E-state index in [0.717, 1.165) is 25.3 Å². The van der Waals surface area contributed by atoms with Gasteiger partial charge in [0.1, 0.15) is 0 Å². The molecule has 2 nitrogen and oxygen atoms in total. The summed E-state index contributed by atoms with van der Waals surface area (Å²) in [5.41, 5.74) is 0. The monoisotopic (exact) mass is 145 g/mol. The van der Waals surface area contributed by atoms with E-state index < -0.39 is 0 Å². The molecule has 0 radical (unpaired) electrons. The van der Waals surface area contributed by atoms with Gasteiger partial charge in [-0.3, -0.25) is 0 Å². The van der Waals surface area contributed by atoms with Crippen molar-refractivity contribution in [3.8, 4) is 0 Å². The molecule has 0 saturated carbocycles. The van der Waals surface area contributed by atoms with Crippen LogP contribution >= 0.6 is 11.8 Å². The first-order valence-electron chi connectivity index (χ1n) is 3.36. The first-order chi connectivity index (χ1) is 4.33. The molecular weight excluding hydrogens is 134 g/mol. The number of thioether (sulfide) groups is 1. The van der Waals surface area contributed by atoms with Gasteiger partial charge < -0.3 is 10.4 Å². The fourth-order valence-electron chi connectivity index (χ4n) is 1.44. The highest BCUT2D eigenvalue weighted by atomic mass is 32.2. The molecule has 2 N–H and O–H groups in total. The molecule has 2 rings (SSSR count). The molecule has 0 aromatic rings. The molecule has 0 aliphatic carbocycles. The molecule has 2 saturated heterocycles. The van der Waals surface area contributed by atoms with Crippen LogP contribution in [0.2, 0.25) is 0 Å². The Kier molecular flexibility index (Phi) is 1.25. The summed E-state index contributed by atoms with van der Waals surface area (Å²) in [6.07, 6.45) is 0.954. The Morgan fingerprint density at radius 1 is 1.56 bits per heavy atom. The van der Waals surface area contributed by atoms with Crippen molar-refractivity contribution >= 4 is 11.8 Å². The van der Waals surface area contributed by atoms with Crippen molar-refractivity contribution in [2.75, 3.05) is 18.8 Å². The normalized spacial score (nSPS) is 39.0. The minimum atomic E-state index is -0.0382. The maximum absolute atomic E-state index is 9.44. The van der Waals surface area contributed by atoms with E-state index in [2.05, 4.69) is 5.32 Å². The summed E-state index contributed by atoms with van der Waals surface area (Å²) in [5.74, 6) is 1.14. The Hall–Kier alpha value is 0.270. The van der Waals surface area contributed by atoms with Gasteiger partial charge in [-0.25, -0.2) is 0 Å². The third-order valence-corrected chi connectivity index (χ3v) is 3.81. The number of hydrogen-bond donors (Lipinski definition) is 2. The van der Waals surface area contributed by atoms with Gasteiger partial charge in [0.15, 0.2) is 0 Å². The highest BCUT2D eigenvalue weighted by Gasteiger charge is 2.47. The highest BCUT2D eigenvalue weighted by Crippen LogP contribution is 2.40. The van der Waals surface area contributed by atoms with E-state index in [-0.39, 0.29) is 10.9 Å². The van der Waals surface area contributed by atoms with Crippen LogP contribution in [0, 0.1) is 0 Å². The fourth-order valence-corrected chi connectivity index (χ4v) is 2.91. The van der Waals surface area contributed by atoms with Crippen LogP contribution in [0.1, 0.15) is 6.42 Å². The van der Waals surface area contributed by atoms with Gasteiger partial charge in [-0.2, -0.15) is 0 Å². The summed E-state index contributed by atoms with van der Waals surface area (Å²) < 4.78 is 0.236. The molecule has 9 heavy (non-hydrogen) atoms. The van der Waals surface area contributed by atoms with Crippen LogP contribution in [0.3, 0.4) is 0 Å². The largest absolute Gasteiger partial charge is 0.392 e. The van der Waals surface area contributed by atoms with Crippen LogP contribution in [0.15, 0.2) is 0 Å². The zero-order valence-electron chi connectivity index (χ0n) is 5.26. The predicted octanol–water partition coefficient (Wildman–Crippen LogP) is -0.174. The number of hydrogen-bond acceptors (Lipinski definition) is 3. The van der Waals surface area contributed by atoms with Gasteiger partial charge in [-0.15, -0.1) is 11.8 Å². The van der Waals surface area contributed by atoms with Gasteiger partial charge in [0.05, 0.1) is 10.9 Å². The third kappa shape index (κ3) is 0.719. The highest BCUT2D eigenvalue weighted by molar-refractivity contribution is 8.01. The molecule has 0 aromatic heterocycles. The Labute approximate surface area is 59.0 Å². The summed E-state index contributed by atoms with van der Waals surface area (Å²) >= 11 is 1.93. The second kappa shape index (κ2) is 1.87. The number of rotatable bonds is 0. The Bertz CT molecular complexity index is 124. The van der Waals surface area contributed by atoms with Gasteiger partial charge in [-0.1, -0.05) is 0 Å². The molecule has 0 amide bonds. The van der Waals surface area contributed by atoms with Crippen molar-refractivity contribution in [3.05, 3.63) is 0 Å². The van der Waals surface area contributed by atoms with E-state index in [1.165, 1.54) is 0 Å². The standard InChI is InChI=1S/C6H11NOS/c8-5-1-2-9-6(5)3-7-4-6/h5,7-8H,1-4H2. The Morgan fingerprint density at radius 2 is 2.33 bits per heavy atom. The summed E-state index contributed by atoms with van der Waals surface area (Å²) in [5, 5.41) is 12.6. The first kappa shape index (κ1) is 6.01. The second-order valence-corrected chi connectivity index (χ2v) is 4.33. The molecule has 2 fully saturated rings. The summed E-state index contributed by atoms with van der Waals surface area (Å²) in [6.45, 7) is 2.03. The fraction of sp³-hybridized carbons (Fsp3) is 1.00. The molecule has 52 valence electrons. The average Bonchev–Trinajstić information content (AvgIpc) is 2.07. The van der Waals surface area contributed by atoms with Crippen LogP contribution in [0.25, 0.3) is 0 Å². The summed E-state index contributed by atoms with van der Waals surface area (Å²) in [6, 6.07) is 0. The molecule has 1 spiro atoms. The lowest BCUT2D eigenvalue weighted by Crippen LogP contribution is -2.61. The Balaban J connectivity index is 2.09. The van der Waals surface area contributed by atoms with E-state index in [1.807, 2.05) is 11.8 Å². The van der Waals surface area contributed by atoms with Crippen LogP contribution in [-0.2, 0) is 0 Å². The smallest absolute Gasteiger partial charge is 0.0719 e. The van der Waals surface area contributed by atoms with Gasteiger partial charge in [-0.05, 0) is 12.2 Å². The van der Waals surface area contributed by atoms with Crippen LogP contribution in [-0.4, -0.2) is 34.8 Å². The summed E-state index contributed by atoms with van der Waals surface area (Å²) in [4.78, 5) is 0. The molecule has 2 aliphatic heterocycles. The summed E-state index contributed by atoms with van der Waals surface area (Å²) in [7, 11) is 0. The molecule has 1 unspecified atom stereocenters. The maximum atomic E-state index is 9.44. The molecular formula is C6H11NOS. The van der Waals surface area contributed by atoms with Crippen molar-refractivity contribution in [1.82, 2.24) is 5.32 Å². The zero-order chi connectivity index (χ0) is 6.32. The van der Waals surface area contributed by atoms with Crippen LogP contribution < -0.4 is 5.32 Å². The van der Waals surface area contributed by atoms with Crippen molar-refractivity contribution in [3.63, 3.8) is 0 Å². The molecule has 0 bridgehead atoms. The first-order valence-corrected chi connectivity index (χ1v) is 4.35. The van der Waals surface area contributed by atoms with Gasteiger partial charge in [0, 0.05) is 13.1 Å². The quantitative estimate of drug-likeness (QED) is 0.496. The van der Waals surface area contributed by atoms with Gasteiger partial charge in [0.2, 0.25) is 0 Å². The third-order valence-electron chi connectivity index (χ3n) is 2.24. The topological polar surface area (TPSA) is 32.3 Å². The average molecular weight is 145 g/mol. The number of aliphatic hydroxyl groups excluding tert-OH is 1.